The smallest absolute Gasteiger partial charge is 0.315 e. The molecule has 102 valence electrons. The Balaban J connectivity index is 1.84. The minimum Gasteiger partial charge on any atom is -0.406 e. The zero-order chi connectivity index (χ0) is 13.7. The van der Waals surface area contributed by atoms with Crippen LogP contribution in [-0.2, 0) is 6.42 Å². The normalized spacial score (nSPS) is 12.4. The van der Waals surface area contributed by atoms with Crippen LogP contribution in [0.4, 0.5) is 10.4 Å². The molecule has 2 N–H and O–H groups in total. The predicted octanol–water partition coefficient (Wildman–Crippen LogP) is 2.14. The van der Waals surface area contributed by atoms with Crippen LogP contribution in [0.1, 0.15) is 24.4 Å². The molecule has 5 nitrogen and oxygen atoms in total. The third kappa shape index (κ3) is 3.75. The summed E-state index contributed by atoms with van der Waals surface area (Å²) in [5.41, 5.74) is 0.927. The summed E-state index contributed by atoms with van der Waals surface area (Å²) in [4.78, 5) is 0. The van der Waals surface area contributed by atoms with Gasteiger partial charge in [-0.1, -0.05) is 17.2 Å². The number of nitrogens with zero attached hydrogens (tertiary/aromatic N) is 2. The first-order valence-corrected chi connectivity index (χ1v) is 6.18. The molecule has 0 aliphatic carbocycles. The topological polar surface area (TPSA) is 63.0 Å². The van der Waals surface area contributed by atoms with Crippen LogP contribution in [0.15, 0.2) is 28.7 Å². The van der Waals surface area contributed by atoms with E-state index in [1.165, 1.54) is 12.1 Å². The van der Waals surface area contributed by atoms with Crippen LogP contribution in [0.5, 0.6) is 0 Å². The number of aromatic nitrogens is 2. The standard InChI is InChI=1S/C13H17FN4O/c1-9(15-2)12-17-18-13(19-12)16-7-6-10-4-3-5-11(14)8-10/h3-5,8-9,15H,6-7H2,1-2H3,(H,16,18). The highest BCUT2D eigenvalue weighted by Crippen LogP contribution is 2.13. The summed E-state index contributed by atoms with van der Waals surface area (Å²) in [5.74, 6) is 0.316. The van der Waals surface area contributed by atoms with E-state index in [-0.39, 0.29) is 11.9 Å². The van der Waals surface area contributed by atoms with Gasteiger partial charge in [0.05, 0.1) is 6.04 Å². The lowest BCUT2D eigenvalue weighted by Crippen LogP contribution is -2.12. The molecule has 6 heteroatoms. The second kappa shape index (κ2) is 6.29. The Kier molecular flexibility index (Phi) is 4.46. The van der Waals surface area contributed by atoms with E-state index in [2.05, 4.69) is 20.8 Å². The third-order valence-corrected chi connectivity index (χ3v) is 2.82. The molecule has 1 aromatic heterocycles. The molecule has 0 bridgehead atoms. The molecule has 1 heterocycles. The Labute approximate surface area is 111 Å². The molecule has 0 saturated carbocycles. The van der Waals surface area contributed by atoms with Crippen molar-refractivity contribution in [2.75, 3.05) is 18.9 Å². The minimum absolute atomic E-state index is 0.0197. The zero-order valence-electron chi connectivity index (χ0n) is 11.0. The lowest BCUT2D eigenvalue weighted by atomic mass is 10.1. The van der Waals surface area contributed by atoms with Crippen molar-refractivity contribution in [2.24, 2.45) is 0 Å². The second-order valence-electron chi connectivity index (χ2n) is 4.26. The van der Waals surface area contributed by atoms with E-state index in [0.29, 0.717) is 24.9 Å². The summed E-state index contributed by atoms with van der Waals surface area (Å²) in [5, 5.41) is 13.9. The fourth-order valence-corrected chi connectivity index (χ4v) is 1.61. The number of rotatable bonds is 6. The van der Waals surface area contributed by atoms with Crippen LogP contribution in [0, 0.1) is 5.82 Å². The maximum Gasteiger partial charge on any atom is 0.315 e. The second-order valence-corrected chi connectivity index (χ2v) is 4.26. The molecule has 1 unspecified atom stereocenters. The Morgan fingerprint density at radius 2 is 2.21 bits per heavy atom. The van der Waals surface area contributed by atoms with Crippen LogP contribution in [0.25, 0.3) is 0 Å². The monoisotopic (exact) mass is 264 g/mol. The lowest BCUT2D eigenvalue weighted by Gasteiger charge is -2.03. The highest BCUT2D eigenvalue weighted by Gasteiger charge is 2.11. The highest BCUT2D eigenvalue weighted by molar-refractivity contribution is 5.21. The molecular weight excluding hydrogens is 247 g/mol. The van der Waals surface area contributed by atoms with Crippen molar-refractivity contribution in [3.05, 3.63) is 41.5 Å². The molecule has 0 amide bonds. The number of nitrogens with one attached hydrogen (secondary N) is 2. The number of halogens is 1. The maximum absolute atomic E-state index is 13.0. The van der Waals surface area contributed by atoms with Gasteiger partial charge in [0.15, 0.2) is 0 Å². The summed E-state index contributed by atoms with van der Waals surface area (Å²) in [6.45, 7) is 2.54. The Bertz CT molecular complexity index is 529. The van der Waals surface area contributed by atoms with Crippen molar-refractivity contribution >= 4 is 6.01 Å². The van der Waals surface area contributed by atoms with E-state index in [4.69, 9.17) is 4.42 Å². The van der Waals surface area contributed by atoms with Gasteiger partial charge in [-0.05, 0) is 38.1 Å². The Hall–Kier alpha value is -1.95. The molecule has 1 aromatic carbocycles. The summed E-state index contributed by atoms with van der Waals surface area (Å²) in [6, 6.07) is 6.93. The van der Waals surface area contributed by atoms with E-state index >= 15 is 0 Å². The van der Waals surface area contributed by atoms with Crippen molar-refractivity contribution in [1.29, 1.82) is 0 Å². The van der Waals surface area contributed by atoms with E-state index in [9.17, 15) is 4.39 Å². The summed E-state index contributed by atoms with van der Waals surface area (Å²) in [6.07, 6.45) is 0.692. The molecule has 0 spiro atoms. The summed E-state index contributed by atoms with van der Waals surface area (Å²) < 4.78 is 18.4. The van der Waals surface area contributed by atoms with Crippen LogP contribution in [0.2, 0.25) is 0 Å². The van der Waals surface area contributed by atoms with Crippen molar-refractivity contribution in [3.63, 3.8) is 0 Å². The van der Waals surface area contributed by atoms with Crippen molar-refractivity contribution in [1.82, 2.24) is 15.5 Å². The van der Waals surface area contributed by atoms with Gasteiger partial charge in [0.1, 0.15) is 5.82 Å². The van der Waals surface area contributed by atoms with Gasteiger partial charge in [0, 0.05) is 6.54 Å². The van der Waals surface area contributed by atoms with Gasteiger partial charge in [0.2, 0.25) is 5.89 Å². The molecule has 0 aliphatic rings. The first-order valence-electron chi connectivity index (χ1n) is 6.18. The Morgan fingerprint density at radius 3 is 2.95 bits per heavy atom. The van der Waals surface area contributed by atoms with Gasteiger partial charge in [-0.3, -0.25) is 0 Å². The predicted molar refractivity (Wildman–Crippen MR) is 70.4 cm³/mol. The first kappa shape index (κ1) is 13.5. The molecule has 2 aromatic rings. The number of anilines is 1. The van der Waals surface area contributed by atoms with E-state index in [1.807, 2.05) is 20.0 Å². The van der Waals surface area contributed by atoms with Crippen LogP contribution >= 0.6 is 0 Å². The molecular formula is C13H17FN4O. The lowest BCUT2D eigenvalue weighted by molar-refractivity contribution is 0.441. The molecule has 19 heavy (non-hydrogen) atoms. The first-order chi connectivity index (χ1) is 9.19. The fraction of sp³-hybridized carbons (Fsp3) is 0.385. The molecule has 0 saturated heterocycles. The molecule has 1 atom stereocenters. The zero-order valence-corrected chi connectivity index (χ0v) is 11.0. The van der Waals surface area contributed by atoms with Crippen LogP contribution < -0.4 is 10.6 Å². The molecule has 0 fully saturated rings. The summed E-state index contributed by atoms with van der Waals surface area (Å²) >= 11 is 0. The van der Waals surface area contributed by atoms with Gasteiger partial charge in [-0.15, -0.1) is 5.10 Å². The SMILES string of the molecule is CNC(C)c1nnc(NCCc2cccc(F)c2)o1. The number of hydrogen-bond acceptors (Lipinski definition) is 5. The molecule has 0 aliphatic heterocycles. The summed E-state index contributed by atoms with van der Waals surface area (Å²) in [7, 11) is 1.83. The average molecular weight is 264 g/mol. The van der Waals surface area contributed by atoms with Crippen molar-refractivity contribution < 1.29 is 8.81 Å². The third-order valence-electron chi connectivity index (χ3n) is 2.82. The number of hydrogen-bond donors (Lipinski definition) is 2. The van der Waals surface area contributed by atoms with Crippen LogP contribution in [-0.4, -0.2) is 23.8 Å². The van der Waals surface area contributed by atoms with E-state index in [0.717, 1.165) is 5.56 Å². The molecule has 0 radical (unpaired) electrons. The van der Waals surface area contributed by atoms with Gasteiger partial charge >= 0.3 is 6.01 Å². The quantitative estimate of drug-likeness (QED) is 0.837. The average Bonchev–Trinajstić information content (AvgIpc) is 2.87. The van der Waals surface area contributed by atoms with Gasteiger partial charge in [-0.25, -0.2) is 4.39 Å². The number of benzene rings is 1. The minimum atomic E-state index is -0.222. The van der Waals surface area contributed by atoms with Gasteiger partial charge in [-0.2, -0.15) is 0 Å². The van der Waals surface area contributed by atoms with Gasteiger partial charge in [0.25, 0.3) is 0 Å². The van der Waals surface area contributed by atoms with Gasteiger partial charge < -0.3 is 15.1 Å². The van der Waals surface area contributed by atoms with E-state index < -0.39 is 0 Å². The molecule has 2 rings (SSSR count). The van der Waals surface area contributed by atoms with Crippen molar-refractivity contribution in [2.45, 2.75) is 19.4 Å². The highest BCUT2D eigenvalue weighted by atomic mass is 19.1. The van der Waals surface area contributed by atoms with Crippen LogP contribution in [0.3, 0.4) is 0 Å². The Morgan fingerprint density at radius 1 is 1.37 bits per heavy atom. The maximum atomic E-state index is 13.0. The largest absolute Gasteiger partial charge is 0.406 e. The van der Waals surface area contributed by atoms with Crippen molar-refractivity contribution in [3.8, 4) is 0 Å². The van der Waals surface area contributed by atoms with E-state index in [1.54, 1.807) is 6.07 Å². The fourth-order valence-electron chi connectivity index (χ4n) is 1.61.